The smallest absolute Gasteiger partial charge is 0.108 e. The van der Waals surface area contributed by atoms with Crippen molar-refractivity contribution in [1.29, 1.82) is 0 Å². The Bertz CT molecular complexity index is 575. The van der Waals surface area contributed by atoms with Gasteiger partial charge in [-0.3, -0.25) is 4.90 Å². The number of hydrogen-bond acceptors (Lipinski definition) is 4. The largest absolute Gasteiger partial charge is 0.369 e. The van der Waals surface area contributed by atoms with Crippen molar-refractivity contribution in [2.24, 2.45) is 5.18 Å². The number of benzene rings is 2. The number of rotatable bonds is 4. The Kier molecular flexibility index (Phi) is 4.26. The molecule has 2 aromatic carbocycles. The minimum absolute atomic E-state index is 0.487. The van der Waals surface area contributed by atoms with E-state index in [0.717, 1.165) is 32.7 Å². The van der Waals surface area contributed by atoms with Gasteiger partial charge in [0.15, 0.2) is 0 Å². The molecule has 4 heteroatoms. The standard InChI is InChI=1S/C17H19N3O/c21-18-16-6-8-17(9-7-16)20-12-10-19(11-13-20)14-15-4-2-1-3-5-15/h1-9H,10-14H2. The predicted molar refractivity (Wildman–Crippen MR) is 85.8 cm³/mol. The average molecular weight is 281 g/mol. The molecule has 1 aliphatic rings. The van der Waals surface area contributed by atoms with Crippen LogP contribution in [0.15, 0.2) is 59.8 Å². The van der Waals surface area contributed by atoms with Crippen LogP contribution in [0.4, 0.5) is 11.4 Å². The molecule has 0 unspecified atom stereocenters. The van der Waals surface area contributed by atoms with Crippen LogP contribution in [0.2, 0.25) is 0 Å². The van der Waals surface area contributed by atoms with Crippen LogP contribution in [-0.2, 0) is 6.54 Å². The van der Waals surface area contributed by atoms with Crippen LogP contribution < -0.4 is 4.90 Å². The summed E-state index contributed by atoms with van der Waals surface area (Å²) in [5, 5.41) is 2.94. The quantitative estimate of drug-likeness (QED) is 0.806. The van der Waals surface area contributed by atoms with Crippen molar-refractivity contribution in [1.82, 2.24) is 4.90 Å². The monoisotopic (exact) mass is 281 g/mol. The lowest BCUT2D eigenvalue weighted by Crippen LogP contribution is -2.45. The number of nitrogens with zero attached hydrogens (tertiary/aromatic N) is 3. The molecule has 108 valence electrons. The highest BCUT2D eigenvalue weighted by Crippen LogP contribution is 2.21. The molecule has 1 saturated heterocycles. The maximum atomic E-state index is 10.4. The summed E-state index contributed by atoms with van der Waals surface area (Å²) in [5.74, 6) is 0. The molecule has 0 amide bonds. The van der Waals surface area contributed by atoms with Crippen LogP contribution in [-0.4, -0.2) is 31.1 Å². The molecule has 0 N–H and O–H groups in total. The van der Waals surface area contributed by atoms with Crippen molar-refractivity contribution in [2.75, 3.05) is 31.1 Å². The zero-order valence-corrected chi connectivity index (χ0v) is 12.0. The summed E-state index contributed by atoms with van der Waals surface area (Å²) in [6.07, 6.45) is 0. The van der Waals surface area contributed by atoms with Gasteiger partial charge in [0.25, 0.3) is 0 Å². The number of nitroso groups, excluding NO2 is 1. The summed E-state index contributed by atoms with van der Waals surface area (Å²) < 4.78 is 0. The zero-order valence-electron chi connectivity index (χ0n) is 12.0. The summed E-state index contributed by atoms with van der Waals surface area (Å²) >= 11 is 0. The molecule has 0 aromatic heterocycles. The van der Waals surface area contributed by atoms with E-state index in [1.165, 1.54) is 11.3 Å². The summed E-state index contributed by atoms with van der Waals surface area (Å²) in [6, 6.07) is 18.1. The van der Waals surface area contributed by atoms with Gasteiger partial charge >= 0.3 is 0 Å². The van der Waals surface area contributed by atoms with E-state index in [1.807, 2.05) is 12.1 Å². The second-order valence-corrected chi connectivity index (χ2v) is 5.36. The maximum Gasteiger partial charge on any atom is 0.108 e. The molecule has 1 aliphatic heterocycles. The molecule has 3 rings (SSSR count). The fourth-order valence-corrected chi connectivity index (χ4v) is 2.73. The van der Waals surface area contributed by atoms with Gasteiger partial charge in [0.2, 0.25) is 0 Å². The minimum atomic E-state index is 0.487. The lowest BCUT2D eigenvalue weighted by atomic mass is 10.2. The Balaban J connectivity index is 1.56. The maximum absolute atomic E-state index is 10.4. The van der Waals surface area contributed by atoms with E-state index in [4.69, 9.17) is 0 Å². The van der Waals surface area contributed by atoms with Crippen LogP contribution in [0.3, 0.4) is 0 Å². The lowest BCUT2D eigenvalue weighted by Gasteiger charge is -2.36. The third-order valence-corrected chi connectivity index (χ3v) is 3.94. The van der Waals surface area contributed by atoms with Gasteiger partial charge in [-0.25, -0.2) is 0 Å². The van der Waals surface area contributed by atoms with Crippen LogP contribution in [0.5, 0.6) is 0 Å². The highest BCUT2D eigenvalue weighted by molar-refractivity contribution is 5.53. The summed E-state index contributed by atoms with van der Waals surface area (Å²) in [5.41, 5.74) is 3.02. The topological polar surface area (TPSA) is 35.9 Å². The number of hydrogen-bond donors (Lipinski definition) is 0. The lowest BCUT2D eigenvalue weighted by molar-refractivity contribution is 0.250. The fourth-order valence-electron chi connectivity index (χ4n) is 2.73. The molecule has 0 spiro atoms. The Morgan fingerprint density at radius 2 is 1.52 bits per heavy atom. The minimum Gasteiger partial charge on any atom is -0.369 e. The van der Waals surface area contributed by atoms with Crippen LogP contribution in [0.1, 0.15) is 5.56 Å². The van der Waals surface area contributed by atoms with Gasteiger partial charge in [0, 0.05) is 38.4 Å². The first-order valence-electron chi connectivity index (χ1n) is 7.30. The van der Waals surface area contributed by atoms with Crippen LogP contribution in [0.25, 0.3) is 0 Å². The van der Waals surface area contributed by atoms with Crippen molar-refractivity contribution < 1.29 is 0 Å². The average Bonchev–Trinajstić information content (AvgIpc) is 2.57. The van der Waals surface area contributed by atoms with Crippen LogP contribution >= 0.6 is 0 Å². The van der Waals surface area contributed by atoms with Gasteiger partial charge in [-0.15, -0.1) is 4.91 Å². The van der Waals surface area contributed by atoms with E-state index < -0.39 is 0 Å². The van der Waals surface area contributed by atoms with Crippen molar-refractivity contribution >= 4 is 11.4 Å². The van der Waals surface area contributed by atoms with Gasteiger partial charge in [0.1, 0.15) is 5.69 Å². The second-order valence-electron chi connectivity index (χ2n) is 5.36. The van der Waals surface area contributed by atoms with Gasteiger partial charge in [-0.05, 0) is 35.0 Å². The van der Waals surface area contributed by atoms with Crippen molar-refractivity contribution in [3.63, 3.8) is 0 Å². The van der Waals surface area contributed by atoms with Gasteiger partial charge < -0.3 is 4.90 Å². The van der Waals surface area contributed by atoms with E-state index in [-0.39, 0.29) is 0 Å². The number of anilines is 1. The fraction of sp³-hybridized carbons (Fsp3) is 0.294. The molecule has 0 atom stereocenters. The van der Waals surface area contributed by atoms with Gasteiger partial charge in [-0.2, -0.15) is 0 Å². The first kappa shape index (κ1) is 13.8. The molecule has 0 saturated carbocycles. The predicted octanol–water partition coefficient (Wildman–Crippen LogP) is 3.41. The number of piperazine rings is 1. The van der Waals surface area contributed by atoms with Gasteiger partial charge in [-0.1, -0.05) is 30.3 Å². The molecule has 0 bridgehead atoms. The van der Waals surface area contributed by atoms with Crippen molar-refractivity contribution in [2.45, 2.75) is 6.54 Å². The van der Waals surface area contributed by atoms with E-state index in [2.05, 4.69) is 45.3 Å². The van der Waals surface area contributed by atoms with E-state index in [9.17, 15) is 4.91 Å². The van der Waals surface area contributed by atoms with E-state index in [1.54, 1.807) is 12.1 Å². The SMILES string of the molecule is O=Nc1ccc(N2CCN(Cc3ccccc3)CC2)cc1. The third kappa shape index (κ3) is 3.47. The molecular weight excluding hydrogens is 262 g/mol. The molecule has 1 fully saturated rings. The first-order chi connectivity index (χ1) is 10.3. The Morgan fingerprint density at radius 3 is 2.14 bits per heavy atom. The normalized spacial score (nSPS) is 15.9. The third-order valence-electron chi connectivity index (χ3n) is 3.94. The molecule has 4 nitrogen and oxygen atoms in total. The molecule has 21 heavy (non-hydrogen) atoms. The summed E-state index contributed by atoms with van der Waals surface area (Å²) in [6.45, 7) is 5.16. The summed E-state index contributed by atoms with van der Waals surface area (Å²) in [4.78, 5) is 15.3. The Morgan fingerprint density at radius 1 is 0.857 bits per heavy atom. The van der Waals surface area contributed by atoms with Crippen molar-refractivity contribution in [3.05, 3.63) is 65.1 Å². The first-order valence-corrected chi connectivity index (χ1v) is 7.30. The molecule has 2 aromatic rings. The van der Waals surface area contributed by atoms with E-state index >= 15 is 0 Å². The van der Waals surface area contributed by atoms with E-state index in [0.29, 0.717) is 5.69 Å². The Hall–Kier alpha value is -2.20. The molecule has 0 radical (unpaired) electrons. The molecule has 0 aliphatic carbocycles. The highest BCUT2D eigenvalue weighted by atomic mass is 16.3. The molecular formula is C17H19N3O. The summed E-state index contributed by atoms with van der Waals surface area (Å²) in [7, 11) is 0. The zero-order chi connectivity index (χ0) is 14.5. The molecule has 1 heterocycles. The van der Waals surface area contributed by atoms with Gasteiger partial charge in [0.05, 0.1) is 0 Å². The Labute approximate surface area is 125 Å². The second kappa shape index (κ2) is 6.50. The highest BCUT2D eigenvalue weighted by Gasteiger charge is 2.17. The van der Waals surface area contributed by atoms with Crippen molar-refractivity contribution in [3.8, 4) is 0 Å². The van der Waals surface area contributed by atoms with Crippen LogP contribution in [0, 0.1) is 4.91 Å².